The number of rotatable bonds is 5. The smallest absolute Gasteiger partial charge is 0.311 e. The van der Waals surface area contributed by atoms with Gasteiger partial charge in [-0.25, -0.2) is 0 Å². The molecule has 0 saturated heterocycles. The Kier molecular flexibility index (Phi) is 6.21. The van der Waals surface area contributed by atoms with Crippen molar-refractivity contribution >= 4 is 51.9 Å². The Bertz CT molecular complexity index is 952. The molecule has 2 aromatic carbocycles. The Morgan fingerprint density at radius 2 is 1.78 bits per heavy atom. The molecule has 0 spiro atoms. The molecule has 0 aliphatic carbocycles. The molecule has 140 valence electrons. The van der Waals surface area contributed by atoms with Crippen LogP contribution in [0.4, 0.5) is 17.1 Å². The number of nitro groups is 2. The lowest BCUT2D eigenvalue weighted by Gasteiger charge is -2.10. The number of halogens is 1. The van der Waals surface area contributed by atoms with Crippen molar-refractivity contribution in [3.05, 3.63) is 67.2 Å². The van der Waals surface area contributed by atoms with Crippen LogP contribution in [0, 0.1) is 20.2 Å². The van der Waals surface area contributed by atoms with E-state index in [0.29, 0.717) is 0 Å². The van der Waals surface area contributed by atoms with Crippen molar-refractivity contribution in [2.75, 3.05) is 12.4 Å². The number of carbonyl (C=O) groups excluding carboxylic acids is 1. The maximum absolute atomic E-state index is 12.2. The van der Waals surface area contributed by atoms with Crippen LogP contribution in [0.1, 0.15) is 10.4 Å². The average molecular weight is 411 g/mol. The second-order valence-corrected chi connectivity index (χ2v) is 5.79. The molecule has 1 amide bonds. The summed E-state index contributed by atoms with van der Waals surface area (Å²) < 4.78 is 4.86. The van der Waals surface area contributed by atoms with E-state index in [2.05, 4.69) is 10.6 Å². The average Bonchev–Trinajstić information content (AvgIpc) is 2.62. The summed E-state index contributed by atoms with van der Waals surface area (Å²) in [5, 5.41) is 26.6. The van der Waals surface area contributed by atoms with Crippen LogP contribution in [0.3, 0.4) is 0 Å². The fraction of sp³-hybridized carbons (Fsp3) is 0.0667. The van der Waals surface area contributed by atoms with Crippen molar-refractivity contribution in [1.82, 2.24) is 5.32 Å². The molecular formula is C15H11ClN4O6S. The van der Waals surface area contributed by atoms with E-state index in [4.69, 9.17) is 28.6 Å². The summed E-state index contributed by atoms with van der Waals surface area (Å²) in [6.07, 6.45) is 0. The van der Waals surface area contributed by atoms with E-state index in [1.807, 2.05) is 0 Å². The number of nitrogens with zero attached hydrogens (tertiary/aromatic N) is 2. The van der Waals surface area contributed by atoms with E-state index < -0.39 is 15.8 Å². The fourth-order valence-electron chi connectivity index (χ4n) is 2.04. The normalized spacial score (nSPS) is 10.0. The third-order valence-corrected chi connectivity index (χ3v) is 3.79. The van der Waals surface area contributed by atoms with Crippen molar-refractivity contribution in [2.24, 2.45) is 0 Å². The number of hydrogen-bond acceptors (Lipinski definition) is 7. The number of carbonyl (C=O) groups is 1. The van der Waals surface area contributed by atoms with Crippen LogP contribution >= 0.6 is 23.8 Å². The zero-order valence-corrected chi connectivity index (χ0v) is 15.2. The molecule has 0 bridgehead atoms. The Morgan fingerprint density at radius 1 is 1.11 bits per heavy atom. The number of thiocarbonyl (C=S) groups is 1. The number of nitro benzene ring substituents is 2. The molecule has 0 saturated carbocycles. The van der Waals surface area contributed by atoms with Gasteiger partial charge in [-0.2, -0.15) is 0 Å². The van der Waals surface area contributed by atoms with Crippen LogP contribution < -0.4 is 15.4 Å². The van der Waals surface area contributed by atoms with Crippen LogP contribution in [-0.2, 0) is 0 Å². The lowest BCUT2D eigenvalue weighted by Crippen LogP contribution is -2.34. The zero-order chi connectivity index (χ0) is 20.1. The van der Waals surface area contributed by atoms with Gasteiger partial charge in [-0.1, -0.05) is 11.6 Å². The lowest BCUT2D eigenvalue weighted by atomic mass is 10.1. The molecule has 0 aliphatic rings. The predicted octanol–water partition coefficient (Wildman–Crippen LogP) is 3.29. The van der Waals surface area contributed by atoms with Gasteiger partial charge in [0.2, 0.25) is 0 Å². The molecule has 0 fully saturated rings. The summed E-state index contributed by atoms with van der Waals surface area (Å²) in [6, 6.07) is 7.55. The number of hydrogen-bond donors (Lipinski definition) is 2. The molecule has 27 heavy (non-hydrogen) atoms. The quantitative estimate of drug-likeness (QED) is 0.435. The topological polar surface area (TPSA) is 137 Å². The van der Waals surface area contributed by atoms with Gasteiger partial charge in [0.05, 0.1) is 17.0 Å². The Morgan fingerprint density at radius 3 is 2.37 bits per heavy atom. The van der Waals surface area contributed by atoms with Crippen molar-refractivity contribution in [2.45, 2.75) is 0 Å². The highest BCUT2D eigenvalue weighted by Crippen LogP contribution is 2.28. The van der Waals surface area contributed by atoms with Gasteiger partial charge in [-0.05, 0) is 36.5 Å². The van der Waals surface area contributed by atoms with E-state index in [9.17, 15) is 25.0 Å². The monoisotopic (exact) mass is 410 g/mol. The maximum Gasteiger partial charge on any atom is 0.311 e. The highest BCUT2D eigenvalue weighted by molar-refractivity contribution is 7.80. The van der Waals surface area contributed by atoms with Gasteiger partial charge in [0.25, 0.3) is 11.6 Å². The van der Waals surface area contributed by atoms with Gasteiger partial charge >= 0.3 is 5.69 Å². The van der Waals surface area contributed by atoms with E-state index in [1.54, 1.807) is 0 Å². The minimum atomic E-state index is -0.707. The van der Waals surface area contributed by atoms with Crippen LogP contribution in [0.15, 0.2) is 36.4 Å². The number of amides is 1. The zero-order valence-electron chi connectivity index (χ0n) is 13.6. The second-order valence-electron chi connectivity index (χ2n) is 4.98. The van der Waals surface area contributed by atoms with E-state index in [0.717, 1.165) is 12.1 Å². The lowest BCUT2D eigenvalue weighted by molar-refractivity contribution is -0.385. The van der Waals surface area contributed by atoms with Crippen molar-refractivity contribution in [3.8, 4) is 5.75 Å². The highest BCUT2D eigenvalue weighted by Gasteiger charge is 2.19. The summed E-state index contributed by atoms with van der Waals surface area (Å²) in [5.74, 6) is -0.701. The first-order valence-corrected chi connectivity index (χ1v) is 7.90. The summed E-state index contributed by atoms with van der Waals surface area (Å²) in [7, 11) is 1.27. The molecule has 0 radical (unpaired) electrons. The van der Waals surface area contributed by atoms with Crippen LogP contribution in [-0.4, -0.2) is 28.0 Å². The summed E-state index contributed by atoms with van der Waals surface area (Å²) in [6.45, 7) is 0. The molecule has 0 unspecified atom stereocenters. The first-order chi connectivity index (χ1) is 12.7. The van der Waals surface area contributed by atoms with Crippen molar-refractivity contribution in [3.63, 3.8) is 0 Å². The van der Waals surface area contributed by atoms with Crippen LogP contribution in [0.5, 0.6) is 5.75 Å². The minimum Gasteiger partial charge on any atom is -0.490 e. The first-order valence-electron chi connectivity index (χ1n) is 7.11. The van der Waals surface area contributed by atoms with Crippen molar-refractivity contribution in [1.29, 1.82) is 0 Å². The number of nitrogens with one attached hydrogen (secondary N) is 2. The van der Waals surface area contributed by atoms with Gasteiger partial charge in [-0.3, -0.25) is 30.3 Å². The summed E-state index contributed by atoms with van der Waals surface area (Å²) in [5.41, 5.74) is -0.496. The summed E-state index contributed by atoms with van der Waals surface area (Å²) >= 11 is 10.7. The number of anilines is 1. The third kappa shape index (κ3) is 4.86. The Labute approximate surface area is 162 Å². The fourth-order valence-corrected chi connectivity index (χ4v) is 2.44. The second kappa shape index (κ2) is 8.38. The molecule has 0 heterocycles. The van der Waals surface area contributed by atoms with Gasteiger partial charge < -0.3 is 10.1 Å². The van der Waals surface area contributed by atoms with Gasteiger partial charge in [0.15, 0.2) is 10.9 Å². The van der Waals surface area contributed by atoms with E-state index in [1.165, 1.54) is 31.4 Å². The molecule has 0 atom stereocenters. The molecule has 0 aromatic heterocycles. The molecule has 2 aromatic rings. The SMILES string of the molecule is COc1ccc(C(=O)NC(=S)Nc2ccc(Cl)c([N+](=O)[O-])c2)cc1[N+](=O)[O-]. The van der Waals surface area contributed by atoms with E-state index in [-0.39, 0.29) is 38.5 Å². The number of methoxy groups -OCH3 is 1. The number of ether oxygens (including phenoxy) is 1. The van der Waals surface area contributed by atoms with Gasteiger partial charge in [0.1, 0.15) is 5.02 Å². The standard InChI is InChI=1S/C15H11ClN4O6S/c1-26-13-5-2-8(6-12(13)20(24)25)14(21)18-15(27)17-9-3-4-10(16)11(7-9)19(22)23/h2-7H,1H3,(H2,17,18,21,27). The molecule has 12 heteroatoms. The van der Waals surface area contributed by atoms with Gasteiger partial charge in [0, 0.05) is 23.4 Å². The maximum atomic E-state index is 12.2. The molecular weight excluding hydrogens is 400 g/mol. The molecule has 10 nitrogen and oxygen atoms in total. The van der Waals surface area contributed by atoms with Gasteiger partial charge in [-0.15, -0.1) is 0 Å². The largest absolute Gasteiger partial charge is 0.490 e. The predicted molar refractivity (Wildman–Crippen MR) is 101 cm³/mol. The van der Waals surface area contributed by atoms with Crippen molar-refractivity contribution < 1.29 is 19.4 Å². The minimum absolute atomic E-state index is 0.00530. The first kappa shape index (κ1) is 20.0. The molecule has 0 aliphatic heterocycles. The van der Waals surface area contributed by atoms with E-state index >= 15 is 0 Å². The van der Waals surface area contributed by atoms with Crippen LogP contribution in [0.2, 0.25) is 5.02 Å². The molecule has 2 N–H and O–H groups in total. The summed E-state index contributed by atoms with van der Waals surface area (Å²) in [4.78, 5) is 32.8. The molecule has 2 rings (SSSR count). The third-order valence-electron chi connectivity index (χ3n) is 3.27. The number of benzene rings is 2. The Hall–Kier alpha value is -3.31. The Balaban J connectivity index is 2.13. The van der Waals surface area contributed by atoms with Crippen LogP contribution in [0.25, 0.3) is 0 Å². The highest BCUT2D eigenvalue weighted by atomic mass is 35.5.